The predicted octanol–water partition coefficient (Wildman–Crippen LogP) is 5.52. The highest BCUT2D eigenvalue weighted by molar-refractivity contribution is 9.11. The van der Waals surface area contributed by atoms with E-state index in [0.717, 1.165) is 8.66 Å². The summed E-state index contributed by atoms with van der Waals surface area (Å²) < 4.78 is 1.03. The van der Waals surface area contributed by atoms with E-state index in [1.54, 1.807) is 29.7 Å². The molecule has 1 aromatic carbocycles. The Morgan fingerprint density at radius 1 is 1.23 bits per heavy atom. The van der Waals surface area contributed by atoms with Crippen molar-refractivity contribution in [3.63, 3.8) is 0 Å². The van der Waals surface area contributed by atoms with Gasteiger partial charge in [-0.1, -0.05) is 23.2 Å². The zero-order chi connectivity index (χ0) is 15.7. The van der Waals surface area contributed by atoms with Crippen molar-refractivity contribution in [1.29, 1.82) is 0 Å². The number of thiophene rings is 1. The van der Waals surface area contributed by atoms with Crippen molar-refractivity contribution in [3.8, 4) is 5.75 Å². The molecule has 8 heteroatoms. The zero-order valence-electron chi connectivity index (χ0n) is 10.8. The Morgan fingerprint density at radius 2 is 2.05 bits per heavy atom. The number of aromatic nitrogens is 1. The Balaban J connectivity index is 1.89. The van der Waals surface area contributed by atoms with Crippen LogP contribution in [0.25, 0.3) is 10.9 Å². The highest BCUT2D eigenvalue weighted by atomic mass is 79.9. The number of anilines is 1. The second-order valence-corrected chi connectivity index (χ2v) is 7.60. The summed E-state index contributed by atoms with van der Waals surface area (Å²) in [7, 11) is 0. The fourth-order valence-corrected chi connectivity index (χ4v) is 3.64. The molecule has 3 rings (SSSR count). The lowest BCUT2D eigenvalue weighted by Crippen LogP contribution is -1.93. The molecule has 112 valence electrons. The van der Waals surface area contributed by atoms with E-state index in [4.69, 9.17) is 23.2 Å². The molecule has 2 N–H and O–H groups in total. The second kappa shape index (κ2) is 6.42. The summed E-state index contributed by atoms with van der Waals surface area (Å²) in [6.45, 7) is 0. The standard InChI is InChI=1S/C14H8BrCl2N3OS/c15-11-3-1-7(22-11)6-18-20-12-4-2-8-9(16)5-10(17)14(21)13(8)19-12/h1-6,21H,(H,19,20)/b18-6+. The van der Waals surface area contributed by atoms with Crippen LogP contribution >= 0.6 is 50.5 Å². The van der Waals surface area contributed by atoms with E-state index in [0.29, 0.717) is 21.7 Å². The van der Waals surface area contributed by atoms with Crippen LogP contribution in [0.15, 0.2) is 39.2 Å². The molecule has 0 fully saturated rings. The van der Waals surface area contributed by atoms with Gasteiger partial charge in [0.15, 0.2) is 5.75 Å². The molecule has 0 radical (unpaired) electrons. The van der Waals surface area contributed by atoms with Gasteiger partial charge >= 0.3 is 0 Å². The molecule has 4 nitrogen and oxygen atoms in total. The average molecular weight is 417 g/mol. The van der Waals surface area contributed by atoms with Gasteiger partial charge in [-0.3, -0.25) is 5.43 Å². The summed E-state index contributed by atoms with van der Waals surface area (Å²) in [5.41, 5.74) is 3.14. The smallest absolute Gasteiger partial charge is 0.160 e. The minimum absolute atomic E-state index is 0.101. The highest BCUT2D eigenvalue weighted by Crippen LogP contribution is 2.36. The summed E-state index contributed by atoms with van der Waals surface area (Å²) in [5, 5.41) is 15.3. The predicted molar refractivity (Wildman–Crippen MR) is 96.7 cm³/mol. The summed E-state index contributed by atoms with van der Waals surface area (Å²) in [5.74, 6) is 0.379. The van der Waals surface area contributed by atoms with E-state index in [1.807, 2.05) is 12.1 Å². The molecule has 0 bridgehead atoms. The van der Waals surface area contributed by atoms with Gasteiger partial charge in [-0.2, -0.15) is 5.10 Å². The molecule has 0 saturated heterocycles. The molecule has 0 amide bonds. The number of nitrogens with one attached hydrogen (secondary N) is 1. The molecule has 22 heavy (non-hydrogen) atoms. The molecule has 2 aromatic heterocycles. The number of benzene rings is 1. The fraction of sp³-hybridized carbons (Fsp3) is 0. The van der Waals surface area contributed by atoms with Crippen LogP contribution in [0.4, 0.5) is 5.82 Å². The highest BCUT2D eigenvalue weighted by Gasteiger charge is 2.11. The van der Waals surface area contributed by atoms with E-state index in [-0.39, 0.29) is 10.8 Å². The van der Waals surface area contributed by atoms with Crippen LogP contribution in [0.3, 0.4) is 0 Å². The van der Waals surface area contributed by atoms with Gasteiger partial charge < -0.3 is 5.11 Å². The van der Waals surface area contributed by atoms with E-state index in [9.17, 15) is 5.11 Å². The van der Waals surface area contributed by atoms with E-state index in [1.165, 1.54) is 6.07 Å². The first-order valence-corrected chi connectivity index (χ1v) is 8.43. The maximum atomic E-state index is 9.99. The third kappa shape index (κ3) is 3.20. The first-order valence-electron chi connectivity index (χ1n) is 6.07. The largest absolute Gasteiger partial charge is 0.504 e. The molecule has 0 aliphatic heterocycles. The molecule has 0 unspecified atom stereocenters. The van der Waals surface area contributed by atoms with Crippen LogP contribution in [-0.4, -0.2) is 16.3 Å². The third-order valence-corrected chi connectivity index (χ3v) is 4.98. The summed E-state index contributed by atoms with van der Waals surface area (Å²) in [6.07, 6.45) is 1.69. The van der Waals surface area contributed by atoms with Gasteiger partial charge in [0.2, 0.25) is 0 Å². The second-order valence-electron chi connectivity index (χ2n) is 4.29. The number of hydrogen-bond acceptors (Lipinski definition) is 5. The van der Waals surface area contributed by atoms with Crippen molar-refractivity contribution in [2.45, 2.75) is 0 Å². The Bertz CT molecular complexity index is 882. The number of aromatic hydroxyl groups is 1. The lowest BCUT2D eigenvalue weighted by Gasteiger charge is -2.06. The molecule has 2 heterocycles. The number of pyridine rings is 1. The van der Waals surface area contributed by atoms with Gasteiger partial charge in [-0.15, -0.1) is 11.3 Å². The molecule has 0 aliphatic carbocycles. The Morgan fingerprint density at radius 3 is 2.77 bits per heavy atom. The van der Waals surface area contributed by atoms with E-state index < -0.39 is 0 Å². The van der Waals surface area contributed by atoms with Gasteiger partial charge in [-0.25, -0.2) is 4.98 Å². The number of fused-ring (bicyclic) bond motifs is 1. The first kappa shape index (κ1) is 15.6. The first-order chi connectivity index (χ1) is 10.5. The van der Waals surface area contributed by atoms with Crippen molar-refractivity contribution >= 4 is 73.4 Å². The SMILES string of the molecule is Oc1c(Cl)cc(Cl)c2ccc(N/N=C/c3ccc(Br)s3)nc12. The topological polar surface area (TPSA) is 57.5 Å². The van der Waals surface area contributed by atoms with Gasteiger partial charge in [0, 0.05) is 10.3 Å². The summed E-state index contributed by atoms with van der Waals surface area (Å²) >= 11 is 16.9. The van der Waals surface area contributed by atoms with Crippen LogP contribution in [0, 0.1) is 0 Å². The molecule has 0 spiro atoms. The average Bonchev–Trinajstić information content (AvgIpc) is 2.90. The van der Waals surface area contributed by atoms with Crippen molar-refractivity contribution in [1.82, 2.24) is 4.98 Å². The molecular weight excluding hydrogens is 409 g/mol. The molecule has 0 atom stereocenters. The normalized spacial score (nSPS) is 11.4. The quantitative estimate of drug-likeness (QED) is 0.436. The third-order valence-electron chi connectivity index (χ3n) is 2.82. The number of hydrazone groups is 1. The number of hydrogen-bond donors (Lipinski definition) is 2. The van der Waals surface area contributed by atoms with Crippen LogP contribution in [-0.2, 0) is 0 Å². The Kier molecular flexibility index (Phi) is 4.54. The van der Waals surface area contributed by atoms with E-state index >= 15 is 0 Å². The molecule has 3 aromatic rings. The monoisotopic (exact) mass is 415 g/mol. The number of nitrogens with zero attached hydrogens (tertiary/aromatic N) is 2. The van der Waals surface area contributed by atoms with Crippen molar-refractivity contribution < 1.29 is 5.11 Å². The maximum Gasteiger partial charge on any atom is 0.160 e. The van der Waals surface area contributed by atoms with Crippen LogP contribution in [0.2, 0.25) is 10.0 Å². The zero-order valence-corrected chi connectivity index (χ0v) is 14.8. The number of halogens is 3. The Labute approximate surface area is 148 Å². The molecule has 0 aliphatic rings. The number of phenols is 1. The maximum absolute atomic E-state index is 9.99. The van der Waals surface area contributed by atoms with Gasteiger partial charge in [-0.05, 0) is 46.3 Å². The van der Waals surface area contributed by atoms with Gasteiger partial charge in [0.05, 0.1) is 20.0 Å². The molecular formula is C14H8BrCl2N3OS. The van der Waals surface area contributed by atoms with Crippen molar-refractivity contribution in [2.24, 2.45) is 5.10 Å². The number of phenolic OH excluding ortho intramolecular Hbond substituents is 1. The fourth-order valence-electron chi connectivity index (χ4n) is 1.82. The van der Waals surface area contributed by atoms with Crippen LogP contribution < -0.4 is 5.43 Å². The lowest BCUT2D eigenvalue weighted by atomic mass is 10.2. The van der Waals surface area contributed by atoms with Crippen molar-refractivity contribution in [2.75, 3.05) is 5.43 Å². The lowest BCUT2D eigenvalue weighted by molar-refractivity contribution is 0.480. The Hall–Kier alpha value is -1.34. The van der Waals surface area contributed by atoms with Crippen molar-refractivity contribution in [3.05, 3.63) is 49.0 Å². The summed E-state index contributed by atoms with van der Waals surface area (Å²) in [6, 6.07) is 8.85. The van der Waals surface area contributed by atoms with Gasteiger partial charge in [0.1, 0.15) is 11.3 Å². The van der Waals surface area contributed by atoms with Crippen LogP contribution in [0.1, 0.15) is 4.88 Å². The van der Waals surface area contributed by atoms with E-state index in [2.05, 4.69) is 31.4 Å². The number of rotatable bonds is 3. The summed E-state index contributed by atoms with van der Waals surface area (Å²) in [4.78, 5) is 5.28. The minimum atomic E-state index is -0.101. The molecule has 0 saturated carbocycles. The minimum Gasteiger partial charge on any atom is -0.504 e. The van der Waals surface area contributed by atoms with Gasteiger partial charge in [0.25, 0.3) is 0 Å². The van der Waals surface area contributed by atoms with Crippen LogP contribution in [0.5, 0.6) is 5.75 Å².